The highest BCUT2D eigenvalue weighted by Gasteiger charge is 2.33. The molecule has 148 valence electrons. The summed E-state index contributed by atoms with van der Waals surface area (Å²) in [6, 6.07) is 0.145. The molecule has 0 bridgehead atoms. The Labute approximate surface area is 163 Å². The van der Waals surface area contributed by atoms with Gasteiger partial charge in [0.15, 0.2) is 5.82 Å². The summed E-state index contributed by atoms with van der Waals surface area (Å²) in [6.45, 7) is 6.84. The molecule has 4 rings (SSSR count). The molecule has 6 nitrogen and oxygen atoms in total. The maximum absolute atomic E-state index is 15.3. The van der Waals surface area contributed by atoms with Gasteiger partial charge in [-0.15, -0.1) is 12.4 Å². The number of benzene rings is 1. The molecule has 0 spiro atoms. The number of nitrogens with two attached hydrogens (primary N) is 1. The lowest BCUT2D eigenvalue weighted by Crippen LogP contribution is -2.33. The highest BCUT2D eigenvalue weighted by atomic mass is 35.5. The fourth-order valence-corrected chi connectivity index (χ4v) is 4.31. The van der Waals surface area contributed by atoms with Crippen molar-refractivity contribution in [2.75, 3.05) is 18.0 Å². The van der Waals surface area contributed by atoms with Gasteiger partial charge >= 0.3 is 5.69 Å². The van der Waals surface area contributed by atoms with Gasteiger partial charge in [-0.2, -0.15) is 0 Å². The van der Waals surface area contributed by atoms with Crippen molar-refractivity contribution in [1.82, 2.24) is 9.55 Å². The minimum absolute atomic E-state index is 0. The van der Waals surface area contributed by atoms with E-state index in [1.54, 1.807) is 11.5 Å². The van der Waals surface area contributed by atoms with Gasteiger partial charge in [-0.25, -0.2) is 9.18 Å². The number of fused-ring (bicyclic) bond motifs is 1. The topological polar surface area (TPSA) is 84.1 Å². The molecule has 1 saturated carbocycles. The fraction of sp³-hybridized carbons (Fsp3) is 0.579. The second-order valence-corrected chi connectivity index (χ2v) is 7.85. The molecule has 2 atom stereocenters. The Morgan fingerprint density at radius 1 is 1.19 bits per heavy atom. The van der Waals surface area contributed by atoms with Crippen molar-refractivity contribution < 1.29 is 4.39 Å². The Morgan fingerprint density at radius 2 is 1.85 bits per heavy atom. The number of hydrogen-bond acceptors (Lipinski definition) is 4. The molecule has 1 saturated heterocycles. The second-order valence-electron chi connectivity index (χ2n) is 7.85. The minimum Gasteiger partial charge on any atom is -0.369 e. The molecular formula is C19H26ClFN4O2. The van der Waals surface area contributed by atoms with E-state index in [1.165, 1.54) is 0 Å². The second kappa shape index (κ2) is 6.95. The van der Waals surface area contributed by atoms with E-state index in [9.17, 15) is 9.59 Å². The van der Waals surface area contributed by atoms with Crippen molar-refractivity contribution in [1.29, 1.82) is 0 Å². The summed E-state index contributed by atoms with van der Waals surface area (Å²) in [6.07, 6.45) is 2.73. The summed E-state index contributed by atoms with van der Waals surface area (Å²) in [5.74, 6) is -0.0542. The maximum Gasteiger partial charge on any atom is 0.329 e. The van der Waals surface area contributed by atoms with Gasteiger partial charge in [0, 0.05) is 36.3 Å². The Hall–Kier alpha value is -1.86. The third-order valence-electron chi connectivity index (χ3n) is 5.96. The Kier molecular flexibility index (Phi) is 5.12. The number of halogens is 2. The molecule has 1 aromatic carbocycles. The van der Waals surface area contributed by atoms with E-state index in [0.717, 1.165) is 25.8 Å². The number of aryl methyl sites for hydroxylation is 2. The summed E-state index contributed by atoms with van der Waals surface area (Å²) in [5, 5.41) is 0.290. The molecule has 2 fully saturated rings. The first kappa shape index (κ1) is 19.9. The number of aromatic nitrogens is 2. The van der Waals surface area contributed by atoms with Gasteiger partial charge in [-0.1, -0.05) is 0 Å². The third-order valence-corrected chi connectivity index (χ3v) is 5.96. The fourth-order valence-electron chi connectivity index (χ4n) is 4.31. The van der Waals surface area contributed by atoms with Gasteiger partial charge in [-0.3, -0.25) is 14.3 Å². The highest BCUT2D eigenvalue weighted by Crippen LogP contribution is 2.40. The van der Waals surface area contributed by atoms with Crippen molar-refractivity contribution in [3.8, 4) is 0 Å². The molecule has 0 amide bonds. The van der Waals surface area contributed by atoms with Gasteiger partial charge in [-0.05, 0) is 46.0 Å². The van der Waals surface area contributed by atoms with Crippen molar-refractivity contribution in [2.45, 2.75) is 52.1 Å². The van der Waals surface area contributed by atoms with Crippen LogP contribution >= 0.6 is 12.4 Å². The predicted molar refractivity (Wildman–Crippen MR) is 108 cm³/mol. The van der Waals surface area contributed by atoms with E-state index in [2.05, 4.69) is 4.98 Å². The number of H-pyrrole nitrogens is 1. The number of nitrogens with one attached hydrogen (secondary N) is 1. The Bertz CT molecular complexity index is 1010. The van der Waals surface area contributed by atoms with Crippen molar-refractivity contribution in [3.63, 3.8) is 0 Å². The van der Waals surface area contributed by atoms with Crippen LogP contribution in [-0.4, -0.2) is 28.7 Å². The average molecular weight is 397 g/mol. The van der Waals surface area contributed by atoms with Gasteiger partial charge in [0.2, 0.25) is 0 Å². The summed E-state index contributed by atoms with van der Waals surface area (Å²) >= 11 is 0. The summed E-state index contributed by atoms with van der Waals surface area (Å²) in [5.41, 5.74) is 7.19. The van der Waals surface area contributed by atoms with Gasteiger partial charge < -0.3 is 10.6 Å². The number of nitrogens with zero attached hydrogens (tertiary/aromatic N) is 2. The van der Waals surface area contributed by atoms with Crippen molar-refractivity contribution >= 4 is 29.0 Å². The molecule has 8 heteroatoms. The SMILES string of the molecule is Cc1c(F)c(N2CCC([C@H](C)N)C2)c(C)c2c1c(=O)[nH]c(=O)n2C1CC1.Cl. The van der Waals surface area contributed by atoms with Crippen LogP contribution in [0, 0.1) is 25.6 Å². The van der Waals surface area contributed by atoms with Crippen LogP contribution in [-0.2, 0) is 0 Å². The zero-order valence-corrected chi connectivity index (χ0v) is 16.7. The third kappa shape index (κ3) is 3.06. The molecule has 2 aliphatic rings. The van der Waals surface area contributed by atoms with E-state index in [1.807, 2.05) is 18.7 Å². The number of rotatable bonds is 3. The van der Waals surface area contributed by atoms with Gasteiger partial charge in [0.1, 0.15) is 0 Å². The first-order chi connectivity index (χ1) is 12.3. The van der Waals surface area contributed by atoms with Crippen LogP contribution < -0.4 is 21.9 Å². The van der Waals surface area contributed by atoms with Crippen LogP contribution in [0.5, 0.6) is 0 Å². The summed E-state index contributed by atoms with van der Waals surface area (Å²) in [7, 11) is 0. The molecule has 27 heavy (non-hydrogen) atoms. The zero-order chi connectivity index (χ0) is 18.7. The predicted octanol–water partition coefficient (Wildman–Crippen LogP) is 2.38. The molecule has 1 aliphatic heterocycles. The quantitative estimate of drug-likeness (QED) is 0.834. The van der Waals surface area contributed by atoms with Crippen molar-refractivity contribution in [2.24, 2.45) is 11.7 Å². The van der Waals surface area contributed by atoms with Crippen molar-refractivity contribution in [3.05, 3.63) is 37.8 Å². The van der Waals surface area contributed by atoms with Crippen LogP contribution in [0.3, 0.4) is 0 Å². The normalized spacial score (nSPS) is 20.8. The first-order valence-corrected chi connectivity index (χ1v) is 9.29. The number of anilines is 1. The van der Waals surface area contributed by atoms with Crippen LogP contribution in [0.15, 0.2) is 9.59 Å². The van der Waals surface area contributed by atoms with E-state index >= 15 is 4.39 Å². The smallest absolute Gasteiger partial charge is 0.329 e. The lowest BCUT2D eigenvalue weighted by molar-refractivity contribution is 0.487. The summed E-state index contributed by atoms with van der Waals surface area (Å²) < 4.78 is 16.9. The minimum atomic E-state index is -0.511. The first-order valence-electron chi connectivity index (χ1n) is 9.29. The molecule has 1 unspecified atom stereocenters. The maximum atomic E-state index is 15.3. The molecule has 3 N–H and O–H groups in total. The average Bonchev–Trinajstić information content (AvgIpc) is 3.28. The highest BCUT2D eigenvalue weighted by molar-refractivity contribution is 5.90. The van der Waals surface area contributed by atoms with E-state index < -0.39 is 11.2 Å². The molecule has 0 radical (unpaired) electrons. The monoisotopic (exact) mass is 396 g/mol. The van der Waals surface area contributed by atoms with E-state index in [-0.39, 0.29) is 35.7 Å². The van der Waals surface area contributed by atoms with Crippen LogP contribution in [0.1, 0.15) is 43.4 Å². The molecule has 1 aliphatic carbocycles. The molecular weight excluding hydrogens is 371 g/mol. The molecule has 2 heterocycles. The lowest BCUT2D eigenvalue weighted by Gasteiger charge is -2.25. The van der Waals surface area contributed by atoms with Crippen LogP contribution in [0.25, 0.3) is 10.9 Å². The largest absolute Gasteiger partial charge is 0.369 e. The number of hydrogen-bond donors (Lipinski definition) is 2. The lowest BCUT2D eigenvalue weighted by atomic mass is 10.0. The van der Waals surface area contributed by atoms with E-state index in [0.29, 0.717) is 34.8 Å². The molecule has 2 aromatic rings. The van der Waals surface area contributed by atoms with Crippen LogP contribution in [0.4, 0.5) is 10.1 Å². The Morgan fingerprint density at radius 3 is 2.41 bits per heavy atom. The van der Waals surface area contributed by atoms with Gasteiger partial charge in [0.05, 0.1) is 16.6 Å². The Balaban J connectivity index is 0.00000210. The van der Waals surface area contributed by atoms with Gasteiger partial charge in [0.25, 0.3) is 5.56 Å². The molecule has 1 aromatic heterocycles. The van der Waals surface area contributed by atoms with E-state index in [4.69, 9.17) is 5.73 Å². The zero-order valence-electron chi connectivity index (χ0n) is 15.8. The number of aromatic amines is 1. The van der Waals surface area contributed by atoms with Crippen LogP contribution in [0.2, 0.25) is 0 Å². The summed E-state index contributed by atoms with van der Waals surface area (Å²) in [4.78, 5) is 29.3. The standard InChI is InChI=1S/C19H25FN4O2.ClH/c1-9-14-16(24(13-4-5-13)19(26)22-18(14)25)10(2)17(15(9)20)23-7-6-12(8-23)11(3)21;/h11-13H,4-8,21H2,1-3H3,(H,22,25,26);1H/t11-,12?;/m0./s1.